The first-order valence-electron chi connectivity index (χ1n) is 8.68. The summed E-state index contributed by atoms with van der Waals surface area (Å²) < 4.78 is 2.08. The molecule has 0 radical (unpaired) electrons. The van der Waals surface area contributed by atoms with Crippen molar-refractivity contribution < 1.29 is 0 Å². The summed E-state index contributed by atoms with van der Waals surface area (Å²) in [5, 5.41) is 8.20. The molecule has 1 saturated carbocycles. The molecule has 4 heteroatoms. The van der Waals surface area contributed by atoms with Crippen LogP contribution in [0.15, 0.2) is 6.33 Å². The van der Waals surface area contributed by atoms with Gasteiger partial charge < -0.3 is 5.32 Å². The van der Waals surface area contributed by atoms with Crippen LogP contribution in [-0.2, 0) is 6.42 Å². The van der Waals surface area contributed by atoms with Gasteiger partial charge in [0.15, 0.2) is 0 Å². The molecule has 4 nitrogen and oxygen atoms in total. The molecule has 1 aliphatic rings. The lowest BCUT2D eigenvalue weighted by atomic mass is 9.69. The maximum atomic E-state index is 4.52. The van der Waals surface area contributed by atoms with Crippen LogP contribution in [0, 0.1) is 5.41 Å². The molecule has 0 bridgehead atoms. The van der Waals surface area contributed by atoms with Gasteiger partial charge in [0.2, 0.25) is 0 Å². The highest BCUT2D eigenvalue weighted by atomic mass is 15.3. The van der Waals surface area contributed by atoms with Gasteiger partial charge in [-0.1, -0.05) is 33.1 Å². The zero-order valence-electron chi connectivity index (χ0n) is 14.2. The van der Waals surface area contributed by atoms with Crippen molar-refractivity contribution in [1.82, 2.24) is 20.1 Å². The Morgan fingerprint density at radius 2 is 2.00 bits per heavy atom. The molecule has 1 aromatic rings. The second kappa shape index (κ2) is 7.39. The van der Waals surface area contributed by atoms with Crippen molar-refractivity contribution in [2.24, 2.45) is 5.41 Å². The zero-order valence-corrected chi connectivity index (χ0v) is 14.2. The Hall–Kier alpha value is -0.900. The average molecular weight is 292 g/mol. The first-order valence-corrected chi connectivity index (χ1v) is 8.68. The predicted molar refractivity (Wildman–Crippen MR) is 87.4 cm³/mol. The summed E-state index contributed by atoms with van der Waals surface area (Å²) in [7, 11) is 0. The number of hydrogen-bond donors (Lipinski definition) is 1. The van der Waals surface area contributed by atoms with E-state index in [9.17, 15) is 0 Å². The standard InChI is InChI=1S/C17H32N4/c1-5-11-18-15(17(4)9-7-6-8-10-17)12-16-19-13-20-21(16)14(2)3/h13-15,18H,5-12H2,1-4H3. The third-order valence-electron chi connectivity index (χ3n) is 5.00. The largest absolute Gasteiger partial charge is 0.313 e. The molecule has 1 N–H and O–H groups in total. The molecule has 0 aliphatic heterocycles. The van der Waals surface area contributed by atoms with E-state index in [0.29, 0.717) is 17.5 Å². The third kappa shape index (κ3) is 4.06. The van der Waals surface area contributed by atoms with Gasteiger partial charge in [-0.2, -0.15) is 5.10 Å². The van der Waals surface area contributed by atoms with Crippen LogP contribution in [0.5, 0.6) is 0 Å². The van der Waals surface area contributed by atoms with Crippen molar-refractivity contribution in [3.63, 3.8) is 0 Å². The van der Waals surface area contributed by atoms with Gasteiger partial charge in [0.25, 0.3) is 0 Å². The number of rotatable bonds is 7. The zero-order chi connectivity index (χ0) is 15.3. The Labute approximate surface area is 129 Å². The average Bonchev–Trinajstić information content (AvgIpc) is 2.92. The van der Waals surface area contributed by atoms with Gasteiger partial charge in [-0.05, 0) is 45.1 Å². The minimum Gasteiger partial charge on any atom is -0.313 e. The molecule has 1 aliphatic carbocycles. The van der Waals surface area contributed by atoms with E-state index in [1.54, 1.807) is 6.33 Å². The Balaban J connectivity index is 2.13. The van der Waals surface area contributed by atoms with E-state index in [-0.39, 0.29) is 0 Å². The van der Waals surface area contributed by atoms with E-state index in [1.165, 1.54) is 38.5 Å². The number of nitrogens with one attached hydrogen (secondary N) is 1. The number of nitrogens with zero attached hydrogens (tertiary/aromatic N) is 3. The topological polar surface area (TPSA) is 42.7 Å². The van der Waals surface area contributed by atoms with Crippen LogP contribution in [0.3, 0.4) is 0 Å². The molecule has 0 saturated heterocycles. The van der Waals surface area contributed by atoms with Crippen molar-refractivity contribution in [1.29, 1.82) is 0 Å². The lowest BCUT2D eigenvalue weighted by Gasteiger charge is -2.41. The molecule has 120 valence electrons. The lowest BCUT2D eigenvalue weighted by Crippen LogP contribution is -2.47. The van der Waals surface area contributed by atoms with Gasteiger partial charge in [0.1, 0.15) is 12.2 Å². The summed E-state index contributed by atoms with van der Waals surface area (Å²) in [5.74, 6) is 1.13. The molecule has 1 unspecified atom stereocenters. The summed E-state index contributed by atoms with van der Waals surface area (Å²) >= 11 is 0. The third-order valence-corrected chi connectivity index (χ3v) is 5.00. The van der Waals surface area contributed by atoms with Crippen LogP contribution >= 0.6 is 0 Å². The van der Waals surface area contributed by atoms with E-state index in [0.717, 1.165) is 18.8 Å². The molecule has 1 heterocycles. The smallest absolute Gasteiger partial charge is 0.138 e. The van der Waals surface area contributed by atoms with E-state index in [2.05, 4.69) is 47.8 Å². The summed E-state index contributed by atoms with van der Waals surface area (Å²) in [5.41, 5.74) is 0.404. The highest BCUT2D eigenvalue weighted by molar-refractivity contribution is 4.98. The Kier molecular flexibility index (Phi) is 5.80. The normalized spacial score (nSPS) is 19.9. The predicted octanol–water partition coefficient (Wildman–Crippen LogP) is 3.74. The quantitative estimate of drug-likeness (QED) is 0.832. The fourth-order valence-electron chi connectivity index (χ4n) is 3.63. The summed E-state index contributed by atoms with van der Waals surface area (Å²) in [4.78, 5) is 4.52. The molecule has 1 atom stereocenters. The van der Waals surface area contributed by atoms with Crippen LogP contribution in [0.1, 0.15) is 78.1 Å². The monoisotopic (exact) mass is 292 g/mol. The van der Waals surface area contributed by atoms with Crippen LogP contribution in [0.4, 0.5) is 0 Å². The fraction of sp³-hybridized carbons (Fsp3) is 0.882. The second-order valence-electron chi connectivity index (χ2n) is 7.14. The van der Waals surface area contributed by atoms with Crippen molar-refractivity contribution in [2.75, 3.05) is 6.54 Å². The molecule has 21 heavy (non-hydrogen) atoms. The molecular weight excluding hydrogens is 260 g/mol. The van der Waals surface area contributed by atoms with Gasteiger partial charge >= 0.3 is 0 Å². The SMILES string of the molecule is CCCNC(Cc1ncnn1C(C)C)C1(C)CCCCC1. The Bertz CT molecular complexity index is 418. The Morgan fingerprint density at radius 1 is 1.29 bits per heavy atom. The van der Waals surface area contributed by atoms with Crippen LogP contribution in [0.25, 0.3) is 0 Å². The van der Waals surface area contributed by atoms with Gasteiger partial charge in [-0.15, -0.1) is 0 Å². The molecule has 1 aromatic heterocycles. The van der Waals surface area contributed by atoms with Crippen LogP contribution in [-0.4, -0.2) is 27.4 Å². The molecule has 2 rings (SSSR count). The maximum absolute atomic E-state index is 4.52. The number of aromatic nitrogens is 3. The fourth-order valence-corrected chi connectivity index (χ4v) is 3.63. The Morgan fingerprint density at radius 3 is 2.62 bits per heavy atom. The molecular formula is C17H32N4. The van der Waals surface area contributed by atoms with E-state index in [4.69, 9.17) is 0 Å². The van der Waals surface area contributed by atoms with E-state index in [1.807, 2.05) is 0 Å². The van der Waals surface area contributed by atoms with Crippen molar-refractivity contribution in [3.05, 3.63) is 12.2 Å². The van der Waals surface area contributed by atoms with Crippen molar-refractivity contribution in [2.45, 2.75) is 84.7 Å². The highest BCUT2D eigenvalue weighted by Gasteiger charge is 2.35. The van der Waals surface area contributed by atoms with Gasteiger partial charge in [-0.25, -0.2) is 9.67 Å². The molecule has 0 aromatic carbocycles. The van der Waals surface area contributed by atoms with Crippen molar-refractivity contribution in [3.8, 4) is 0 Å². The van der Waals surface area contributed by atoms with Crippen LogP contribution in [0.2, 0.25) is 0 Å². The van der Waals surface area contributed by atoms with Gasteiger partial charge in [0.05, 0.1) is 0 Å². The van der Waals surface area contributed by atoms with Gasteiger partial charge in [-0.3, -0.25) is 0 Å². The summed E-state index contributed by atoms with van der Waals surface area (Å²) in [6.07, 6.45) is 10.7. The minimum atomic E-state index is 0.383. The molecule has 0 amide bonds. The first kappa shape index (κ1) is 16.5. The van der Waals surface area contributed by atoms with Gasteiger partial charge in [0, 0.05) is 18.5 Å². The molecule has 0 spiro atoms. The van der Waals surface area contributed by atoms with Crippen molar-refractivity contribution >= 4 is 0 Å². The highest BCUT2D eigenvalue weighted by Crippen LogP contribution is 2.39. The minimum absolute atomic E-state index is 0.383. The first-order chi connectivity index (χ1) is 10.1. The second-order valence-corrected chi connectivity index (χ2v) is 7.14. The summed E-state index contributed by atoms with van der Waals surface area (Å²) in [6.45, 7) is 10.2. The van der Waals surface area contributed by atoms with E-state index >= 15 is 0 Å². The lowest BCUT2D eigenvalue weighted by molar-refractivity contribution is 0.141. The summed E-state index contributed by atoms with van der Waals surface area (Å²) in [6, 6.07) is 0.896. The van der Waals surface area contributed by atoms with Crippen LogP contribution < -0.4 is 5.32 Å². The maximum Gasteiger partial charge on any atom is 0.138 e. The molecule has 1 fully saturated rings. The van der Waals surface area contributed by atoms with E-state index < -0.39 is 0 Å². The number of hydrogen-bond acceptors (Lipinski definition) is 3.